The van der Waals surface area contributed by atoms with Gasteiger partial charge in [-0.05, 0) is 44.6 Å². The van der Waals surface area contributed by atoms with Crippen LogP contribution in [0.2, 0.25) is 0 Å². The Morgan fingerprint density at radius 1 is 1.41 bits per heavy atom. The van der Waals surface area contributed by atoms with Gasteiger partial charge in [-0.25, -0.2) is 4.99 Å². The number of hydrogen-bond acceptors (Lipinski definition) is 5. The van der Waals surface area contributed by atoms with Gasteiger partial charge in [0.05, 0.1) is 0 Å². The molecule has 0 saturated heterocycles. The second-order valence-corrected chi connectivity index (χ2v) is 9.95. The molecule has 1 heterocycles. The molecule has 1 aromatic heterocycles. The Balaban J connectivity index is 1.99. The highest BCUT2D eigenvalue weighted by atomic mass is 32.2. The molecule has 0 aliphatic heterocycles. The van der Waals surface area contributed by atoms with Gasteiger partial charge in [-0.1, -0.05) is 13.3 Å². The molecule has 0 amide bonds. The molecule has 1 aliphatic rings. The Bertz CT molecular complexity index is 633. The number of thioether (sulfide) groups is 1. The summed E-state index contributed by atoms with van der Waals surface area (Å²) in [7, 11) is 1.25. The predicted molar refractivity (Wildman–Crippen MR) is 116 cm³/mol. The standard InChI is InChI=1S/C18H34N6OS2/c1-5-27(25)16-9-6-8-15(12-16)21-18(19-10-7-11-26-4)20-13-17-23-22-14(2)24(17)3/h15-16H,5-13H2,1-4H3,(H2,19,20,21). The van der Waals surface area contributed by atoms with Gasteiger partial charge in [-0.15, -0.1) is 10.2 Å². The lowest BCUT2D eigenvalue weighted by atomic mass is 9.95. The van der Waals surface area contributed by atoms with E-state index < -0.39 is 10.8 Å². The number of nitrogens with zero attached hydrogens (tertiary/aromatic N) is 4. The Morgan fingerprint density at radius 2 is 2.22 bits per heavy atom. The van der Waals surface area contributed by atoms with Crippen molar-refractivity contribution in [1.82, 2.24) is 25.4 Å². The highest BCUT2D eigenvalue weighted by molar-refractivity contribution is 7.98. The Hall–Kier alpha value is -1.09. The smallest absolute Gasteiger partial charge is 0.191 e. The first kappa shape index (κ1) is 22.2. The maximum Gasteiger partial charge on any atom is 0.191 e. The fourth-order valence-electron chi connectivity index (χ4n) is 3.26. The van der Waals surface area contributed by atoms with E-state index in [1.54, 1.807) is 0 Å². The van der Waals surface area contributed by atoms with Crippen molar-refractivity contribution >= 4 is 28.5 Å². The monoisotopic (exact) mass is 414 g/mol. The molecule has 7 nitrogen and oxygen atoms in total. The Kier molecular flexibility index (Phi) is 9.61. The van der Waals surface area contributed by atoms with Crippen LogP contribution >= 0.6 is 11.8 Å². The van der Waals surface area contributed by atoms with Crippen molar-refractivity contribution in [2.24, 2.45) is 12.0 Å². The number of rotatable bonds is 9. The topological polar surface area (TPSA) is 84.2 Å². The van der Waals surface area contributed by atoms with E-state index >= 15 is 0 Å². The van der Waals surface area contributed by atoms with Gasteiger partial charge in [-0.2, -0.15) is 11.8 Å². The van der Waals surface area contributed by atoms with Crippen LogP contribution in [0.3, 0.4) is 0 Å². The van der Waals surface area contributed by atoms with E-state index in [0.29, 0.717) is 17.8 Å². The average molecular weight is 415 g/mol. The predicted octanol–water partition coefficient (Wildman–Crippen LogP) is 1.99. The van der Waals surface area contributed by atoms with Crippen molar-refractivity contribution < 1.29 is 4.21 Å². The number of hydrogen-bond donors (Lipinski definition) is 2. The van der Waals surface area contributed by atoms with Crippen LogP contribution in [0.1, 0.15) is 50.7 Å². The van der Waals surface area contributed by atoms with Crippen LogP contribution < -0.4 is 10.6 Å². The van der Waals surface area contributed by atoms with Crippen molar-refractivity contribution in [3.8, 4) is 0 Å². The zero-order valence-electron chi connectivity index (χ0n) is 17.0. The first-order chi connectivity index (χ1) is 13.0. The quantitative estimate of drug-likeness (QED) is 0.365. The van der Waals surface area contributed by atoms with E-state index in [1.807, 2.05) is 37.2 Å². The fraction of sp³-hybridized carbons (Fsp3) is 0.833. The van der Waals surface area contributed by atoms with Gasteiger partial charge in [0.25, 0.3) is 0 Å². The second-order valence-electron chi connectivity index (χ2n) is 6.96. The maximum atomic E-state index is 12.2. The van der Waals surface area contributed by atoms with Gasteiger partial charge in [0.15, 0.2) is 11.8 Å². The molecule has 0 radical (unpaired) electrons. The van der Waals surface area contributed by atoms with E-state index in [1.165, 1.54) is 0 Å². The van der Waals surface area contributed by atoms with Crippen LogP contribution in [0, 0.1) is 6.92 Å². The molecular formula is C18H34N6OS2. The normalized spacial score (nSPS) is 21.9. The Labute approximate surface area is 170 Å². The molecule has 1 aliphatic carbocycles. The van der Waals surface area contributed by atoms with Crippen LogP contribution in [-0.2, 0) is 24.4 Å². The van der Waals surface area contributed by atoms with Gasteiger partial charge in [0.2, 0.25) is 0 Å². The summed E-state index contributed by atoms with van der Waals surface area (Å²) in [5.41, 5.74) is 0. The summed E-state index contributed by atoms with van der Waals surface area (Å²) in [5, 5.41) is 15.6. The molecule has 2 N–H and O–H groups in total. The number of aromatic nitrogens is 3. The lowest BCUT2D eigenvalue weighted by molar-refractivity contribution is 0.413. The Morgan fingerprint density at radius 3 is 2.89 bits per heavy atom. The summed E-state index contributed by atoms with van der Waals surface area (Å²) >= 11 is 1.85. The molecule has 0 aromatic carbocycles. The van der Waals surface area contributed by atoms with Crippen molar-refractivity contribution in [2.45, 2.75) is 63.8 Å². The molecule has 9 heteroatoms. The van der Waals surface area contributed by atoms with E-state index in [4.69, 9.17) is 4.99 Å². The third kappa shape index (κ3) is 7.10. The van der Waals surface area contributed by atoms with Crippen molar-refractivity contribution in [3.63, 3.8) is 0 Å². The van der Waals surface area contributed by atoms with Crippen LogP contribution in [0.15, 0.2) is 4.99 Å². The molecule has 3 atom stereocenters. The molecule has 2 rings (SSSR count). The molecule has 154 valence electrons. The average Bonchev–Trinajstić information content (AvgIpc) is 3.00. The largest absolute Gasteiger partial charge is 0.356 e. The highest BCUT2D eigenvalue weighted by Crippen LogP contribution is 2.23. The van der Waals surface area contributed by atoms with Crippen LogP contribution in [-0.4, -0.2) is 60.5 Å². The van der Waals surface area contributed by atoms with E-state index in [9.17, 15) is 4.21 Å². The van der Waals surface area contributed by atoms with Crippen LogP contribution in [0.4, 0.5) is 0 Å². The van der Waals surface area contributed by atoms with E-state index in [-0.39, 0.29) is 0 Å². The molecule has 1 aromatic rings. The highest BCUT2D eigenvalue weighted by Gasteiger charge is 2.26. The number of aliphatic imine (C=N–C) groups is 1. The summed E-state index contributed by atoms with van der Waals surface area (Å²) in [6.45, 7) is 5.33. The zero-order valence-corrected chi connectivity index (χ0v) is 18.7. The van der Waals surface area contributed by atoms with E-state index in [2.05, 4.69) is 27.1 Å². The fourth-order valence-corrected chi connectivity index (χ4v) is 5.04. The van der Waals surface area contributed by atoms with Gasteiger partial charge in [-0.3, -0.25) is 4.21 Å². The summed E-state index contributed by atoms with van der Waals surface area (Å²) in [6, 6.07) is 0.326. The third-order valence-corrected chi connectivity index (χ3v) is 7.44. The molecule has 3 unspecified atom stereocenters. The molecular weight excluding hydrogens is 380 g/mol. The minimum absolute atomic E-state index is 0.306. The SMILES string of the molecule is CCS(=O)C1CCCC(NC(=NCc2nnc(C)n2C)NCCCSC)C1. The van der Waals surface area contributed by atoms with Crippen molar-refractivity contribution in [3.05, 3.63) is 11.6 Å². The molecule has 0 bridgehead atoms. The molecule has 0 spiro atoms. The third-order valence-electron chi connectivity index (χ3n) is 5.00. The number of aryl methyl sites for hydroxylation is 1. The van der Waals surface area contributed by atoms with Gasteiger partial charge in [0.1, 0.15) is 12.4 Å². The number of nitrogens with one attached hydrogen (secondary N) is 2. The lowest BCUT2D eigenvalue weighted by Crippen LogP contribution is -2.47. The molecule has 1 fully saturated rings. The number of guanidine groups is 1. The minimum atomic E-state index is -0.715. The van der Waals surface area contributed by atoms with Crippen molar-refractivity contribution in [1.29, 1.82) is 0 Å². The molecule has 27 heavy (non-hydrogen) atoms. The first-order valence-corrected chi connectivity index (χ1v) is 12.6. The second kappa shape index (κ2) is 11.7. The van der Waals surface area contributed by atoms with Crippen LogP contribution in [0.5, 0.6) is 0 Å². The zero-order chi connectivity index (χ0) is 19.6. The van der Waals surface area contributed by atoms with Crippen LogP contribution in [0.25, 0.3) is 0 Å². The lowest BCUT2D eigenvalue weighted by Gasteiger charge is -2.30. The van der Waals surface area contributed by atoms with Crippen molar-refractivity contribution in [2.75, 3.05) is 24.3 Å². The summed E-state index contributed by atoms with van der Waals surface area (Å²) in [5.74, 6) is 4.44. The van der Waals surface area contributed by atoms with Gasteiger partial charge < -0.3 is 15.2 Å². The maximum absolute atomic E-state index is 12.2. The van der Waals surface area contributed by atoms with E-state index in [0.717, 1.165) is 67.8 Å². The van der Waals surface area contributed by atoms with Gasteiger partial charge >= 0.3 is 0 Å². The summed E-state index contributed by atoms with van der Waals surface area (Å²) < 4.78 is 14.2. The minimum Gasteiger partial charge on any atom is -0.356 e. The summed E-state index contributed by atoms with van der Waals surface area (Å²) in [6.07, 6.45) is 7.47. The van der Waals surface area contributed by atoms with Gasteiger partial charge in [0, 0.05) is 41.4 Å². The molecule has 1 saturated carbocycles. The summed E-state index contributed by atoms with van der Waals surface area (Å²) in [4.78, 5) is 4.74. The first-order valence-electron chi connectivity index (χ1n) is 9.81.